The maximum atomic E-state index is 12.2. The predicted octanol–water partition coefficient (Wildman–Crippen LogP) is 1.28. The van der Waals surface area contributed by atoms with Crippen molar-refractivity contribution in [3.05, 3.63) is 58.0 Å². The molecule has 0 aliphatic carbocycles. The van der Waals surface area contributed by atoms with Gasteiger partial charge in [-0.15, -0.1) is 5.10 Å². The third kappa shape index (κ3) is 3.10. The molecule has 134 valence electrons. The second-order valence-corrected chi connectivity index (χ2v) is 6.84. The van der Waals surface area contributed by atoms with Gasteiger partial charge in [0.1, 0.15) is 5.82 Å². The molecular formula is C18H21N7O. The van der Waals surface area contributed by atoms with Crippen molar-refractivity contribution < 1.29 is 0 Å². The van der Waals surface area contributed by atoms with Gasteiger partial charge in [0.2, 0.25) is 0 Å². The van der Waals surface area contributed by atoms with Crippen molar-refractivity contribution in [3.8, 4) is 5.82 Å². The third-order valence-electron chi connectivity index (χ3n) is 4.53. The van der Waals surface area contributed by atoms with Crippen LogP contribution < -0.4 is 10.5 Å². The average molecular weight is 351 g/mol. The lowest BCUT2D eigenvalue weighted by Crippen LogP contribution is -2.50. The first-order valence-corrected chi connectivity index (χ1v) is 8.65. The Hall–Kier alpha value is -3.03. The topological polar surface area (TPSA) is 81.7 Å². The summed E-state index contributed by atoms with van der Waals surface area (Å²) < 4.78 is 3.30. The monoisotopic (exact) mass is 351 g/mol. The molecule has 0 spiro atoms. The highest BCUT2D eigenvalue weighted by molar-refractivity contribution is 5.39. The quantitative estimate of drug-likeness (QED) is 0.704. The van der Waals surface area contributed by atoms with Crippen molar-refractivity contribution >= 4 is 5.82 Å². The van der Waals surface area contributed by atoms with Crippen LogP contribution in [0, 0.1) is 26.7 Å². The minimum Gasteiger partial charge on any atom is -0.355 e. The smallest absolute Gasteiger partial charge is 0.266 e. The van der Waals surface area contributed by atoms with Crippen LogP contribution in [0.15, 0.2) is 35.4 Å². The normalized spacial score (nSPS) is 14.5. The summed E-state index contributed by atoms with van der Waals surface area (Å²) in [6.07, 6.45) is 3.52. The Kier molecular flexibility index (Phi) is 4.02. The molecule has 8 nitrogen and oxygen atoms in total. The minimum absolute atomic E-state index is 0.0934. The van der Waals surface area contributed by atoms with E-state index < -0.39 is 0 Å². The van der Waals surface area contributed by atoms with Crippen LogP contribution in [0.3, 0.4) is 0 Å². The van der Waals surface area contributed by atoms with Crippen LogP contribution in [0.2, 0.25) is 0 Å². The molecule has 0 radical (unpaired) electrons. The van der Waals surface area contributed by atoms with Crippen molar-refractivity contribution in [2.24, 2.45) is 5.92 Å². The summed E-state index contributed by atoms with van der Waals surface area (Å²) in [6, 6.07) is 5.26. The van der Waals surface area contributed by atoms with Crippen LogP contribution in [0.5, 0.6) is 0 Å². The Balaban J connectivity index is 1.48. The number of aryl methyl sites for hydroxylation is 3. The van der Waals surface area contributed by atoms with Crippen molar-refractivity contribution in [2.75, 3.05) is 18.0 Å². The maximum absolute atomic E-state index is 12.2. The summed E-state index contributed by atoms with van der Waals surface area (Å²) in [6.45, 7) is 8.12. The van der Waals surface area contributed by atoms with Crippen LogP contribution in [-0.4, -0.2) is 42.6 Å². The Labute approximate surface area is 151 Å². The third-order valence-corrected chi connectivity index (χ3v) is 4.53. The number of hydrogen-bond donors (Lipinski definition) is 0. The molecule has 3 aromatic rings. The summed E-state index contributed by atoms with van der Waals surface area (Å²) in [5, 5.41) is 8.95. The van der Waals surface area contributed by atoms with Gasteiger partial charge < -0.3 is 4.90 Å². The number of aromatic nitrogens is 6. The molecule has 1 aliphatic heterocycles. The largest absolute Gasteiger partial charge is 0.355 e. The maximum Gasteiger partial charge on any atom is 0.266 e. The van der Waals surface area contributed by atoms with Gasteiger partial charge in [-0.3, -0.25) is 9.78 Å². The van der Waals surface area contributed by atoms with Crippen LogP contribution in [0.4, 0.5) is 5.82 Å². The van der Waals surface area contributed by atoms with Gasteiger partial charge in [0.25, 0.3) is 5.56 Å². The van der Waals surface area contributed by atoms with E-state index in [9.17, 15) is 4.79 Å². The van der Waals surface area contributed by atoms with Gasteiger partial charge >= 0.3 is 0 Å². The van der Waals surface area contributed by atoms with E-state index in [-0.39, 0.29) is 5.56 Å². The van der Waals surface area contributed by atoms with Crippen molar-refractivity contribution in [1.82, 2.24) is 29.5 Å². The second-order valence-electron chi connectivity index (χ2n) is 6.84. The van der Waals surface area contributed by atoms with Crippen LogP contribution in [0.1, 0.15) is 17.1 Å². The standard InChI is InChI=1S/C18H21N7O/c1-12-6-14(3)25(21-12)16-4-5-18(26)24(22-16)11-15-9-23(10-15)17-8-19-7-13(2)20-17/h4-8,15H,9-11H2,1-3H3. The second kappa shape index (κ2) is 6.36. The molecular weight excluding hydrogens is 330 g/mol. The summed E-state index contributed by atoms with van der Waals surface area (Å²) in [7, 11) is 0. The van der Waals surface area contributed by atoms with E-state index in [1.54, 1.807) is 29.2 Å². The van der Waals surface area contributed by atoms with E-state index in [1.807, 2.05) is 26.8 Å². The Morgan fingerprint density at radius 3 is 2.54 bits per heavy atom. The summed E-state index contributed by atoms with van der Waals surface area (Å²) in [5.74, 6) is 1.91. The number of hydrogen-bond acceptors (Lipinski definition) is 6. The summed E-state index contributed by atoms with van der Waals surface area (Å²) >= 11 is 0. The first kappa shape index (κ1) is 16.4. The van der Waals surface area contributed by atoms with Crippen molar-refractivity contribution in [2.45, 2.75) is 27.3 Å². The molecule has 1 aliphatic rings. The fraction of sp³-hybridized carbons (Fsp3) is 0.389. The zero-order valence-corrected chi connectivity index (χ0v) is 15.1. The van der Waals surface area contributed by atoms with Crippen molar-refractivity contribution in [3.63, 3.8) is 0 Å². The highest BCUT2D eigenvalue weighted by atomic mass is 16.1. The van der Waals surface area contributed by atoms with E-state index in [1.165, 1.54) is 4.68 Å². The van der Waals surface area contributed by atoms with Gasteiger partial charge in [-0.2, -0.15) is 5.10 Å². The highest BCUT2D eigenvalue weighted by Crippen LogP contribution is 2.23. The molecule has 0 amide bonds. The predicted molar refractivity (Wildman–Crippen MR) is 97.6 cm³/mol. The molecule has 0 aromatic carbocycles. The van der Waals surface area contributed by atoms with E-state index in [4.69, 9.17) is 0 Å². The van der Waals surface area contributed by atoms with Gasteiger partial charge in [0.05, 0.1) is 24.1 Å². The molecule has 4 heterocycles. The number of nitrogens with zero attached hydrogens (tertiary/aromatic N) is 7. The zero-order chi connectivity index (χ0) is 18.3. The van der Waals surface area contributed by atoms with Gasteiger partial charge in [0, 0.05) is 37.0 Å². The first-order valence-electron chi connectivity index (χ1n) is 8.65. The summed E-state index contributed by atoms with van der Waals surface area (Å²) in [5.41, 5.74) is 2.73. The first-order chi connectivity index (χ1) is 12.5. The molecule has 1 fully saturated rings. The lowest BCUT2D eigenvalue weighted by atomic mass is 10.0. The van der Waals surface area contributed by atoms with E-state index in [0.717, 1.165) is 36.0 Å². The Morgan fingerprint density at radius 1 is 1.04 bits per heavy atom. The molecule has 1 saturated heterocycles. The van der Waals surface area contributed by atoms with Gasteiger partial charge in [-0.05, 0) is 32.9 Å². The molecule has 8 heteroatoms. The fourth-order valence-corrected chi connectivity index (χ4v) is 3.26. The van der Waals surface area contributed by atoms with E-state index in [2.05, 4.69) is 25.1 Å². The van der Waals surface area contributed by atoms with Crippen LogP contribution >= 0.6 is 0 Å². The fourth-order valence-electron chi connectivity index (χ4n) is 3.26. The summed E-state index contributed by atoms with van der Waals surface area (Å²) in [4.78, 5) is 23.0. The highest BCUT2D eigenvalue weighted by Gasteiger charge is 2.29. The minimum atomic E-state index is -0.0934. The Bertz CT molecular complexity index is 1000. The average Bonchev–Trinajstić information content (AvgIpc) is 2.90. The number of anilines is 1. The van der Waals surface area contributed by atoms with E-state index >= 15 is 0 Å². The number of rotatable bonds is 4. The van der Waals surface area contributed by atoms with Gasteiger partial charge in [-0.25, -0.2) is 14.3 Å². The molecule has 0 unspecified atom stereocenters. The molecule has 4 rings (SSSR count). The Morgan fingerprint density at radius 2 is 1.85 bits per heavy atom. The van der Waals surface area contributed by atoms with Gasteiger partial charge in [0.15, 0.2) is 5.82 Å². The molecule has 0 saturated carbocycles. The molecule has 3 aromatic heterocycles. The molecule has 0 N–H and O–H groups in total. The van der Waals surface area contributed by atoms with Gasteiger partial charge in [-0.1, -0.05) is 0 Å². The van der Waals surface area contributed by atoms with Crippen LogP contribution in [-0.2, 0) is 6.54 Å². The van der Waals surface area contributed by atoms with Crippen LogP contribution in [0.25, 0.3) is 5.82 Å². The lowest BCUT2D eigenvalue weighted by Gasteiger charge is -2.40. The molecule has 0 atom stereocenters. The zero-order valence-electron chi connectivity index (χ0n) is 15.1. The SMILES string of the molecule is Cc1cncc(N2CC(Cn3nc(-n4nc(C)cc4C)ccc3=O)C2)n1. The lowest BCUT2D eigenvalue weighted by molar-refractivity contribution is 0.331. The van der Waals surface area contributed by atoms with Crippen molar-refractivity contribution in [1.29, 1.82) is 0 Å². The van der Waals surface area contributed by atoms with E-state index in [0.29, 0.717) is 18.3 Å². The molecule has 26 heavy (non-hydrogen) atoms. The molecule has 0 bridgehead atoms.